The van der Waals surface area contributed by atoms with E-state index in [0.29, 0.717) is 0 Å². The molecular formula is C18H22ClNO. The Morgan fingerprint density at radius 1 is 1.10 bits per heavy atom. The van der Waals surface area contributed by atoms with Crippen molar-refractivity contribution >= 4 is 11.6 Å². The number of hydrogen-bond acceptors (Lipinski definition) is 2. The number of nitrogens with two attached hydrogens (primary N) is 1. The van der Waals surface area contributed by atoms with Crippen molar-refractivity contribution < 1.29 is 4.74 Å². The quantitative estimate of drug-likeness (QED) is 0.841. The lowest BCUT2D eigenvalue weighted by Gasteiger charge is -2.13. The number of aryl methyl sites for hydroxylation is 2. The molecule has 0 aromatic heterocycles. The molecule has 0 aliphatic rings. The number of benzene rings is 2. The van der Waals surface area contributed by atoms with Crippen molar-refractivity contribution in [2.24, 2.45) is 5.73 Å². The van der Waals surface area contributed by atoms with Gasteiger partial charge in [0.1, 0.15) is 11.5 Å². The Bertz CT molecular complexity index is 625. The van der Waals surface area contributed by atoms with Crippen LogP contribution in [0.1, 0.15) is 30.0 Å². The molecular weight excluding hydrogens is 282 g/mol. The number of ether oxygens (including phenoxy) is 1. The Hall–Kier alpha value is -1.51. The smallest absolute Gasteiger partial charge is 0.130 e. The molecule has 0 aliphatic carbocycles. The molecule has 1 atom stereocenters. The average Bonchev–Trinajstić information content (AvgIpc) is 2.46. The lowest BCUT2D eigenvalue weighted by Crippen LogP contribution is -2.21. The maximum absolute atomic E-state index is 6.04. The van der Waals surface area contributed by atoms with Crippen molar-refractivity contribution in [2.45, 2.75) is 39.7 Å². The van der Waals surface area contributed by atoms with Crippen LogP contribution in [0.4, 0.5) is 0 Å². The van der Waals surface area contributed by atoms with Gasteiger partial charge in [-0.15, -0.1) is 0 Å². The first kappa shape index (κ1) is 15.9. The second-order valence-corrected chi connectivity index (χ2v) is 5.89. The highest BCUT2D eigenvalue weighted by Gasteiger charge is 2.07. The summed E-state index contributed by atoms with van der Waals surface area (Å²) in [4.78, 5) is 0. The van der Waals surface area contributed by atoms with Gasteiger partial charge in [0, 0.05) is 11.1 Å². The minimum Gasteiger partial charge on any atom is -0.457 e. The van der Waals surface area contributed by atoms with Crippen LogP contribution in [-0.2, 0) is 6.42 Å². The first-order valence-electron chi connectivity index (χ1n) is 7.28. The number of halogens is 1. The lowest BCUT2D eigenvalue weighted by atomic mass is 10.0. The Morgan fingerprint density at radius 2 is 1.86 bits per heavy atom. The topological polar surface area (TPSA) is 35.2 Å². The SMILES string of the molecule is CCC(N)Cc1ccc(C)c(Oc2ccc(Cl)c(C)c2)c1. The third kappa shape index (κ3) is 4.23. The third-order valence-electron chi connectivity index (χ3n) is 3.63. The van der Waals surface area contributed by atoms with E-state index >= 15 is 0 Å². The molecule has 0 radical (unpaired) electrons. The molecule has 0 amide bonds. The molecule has 21 heavy (non-hydrogen) atoms. The molecule has 2 aromatic rings. The standard InChI is InChI=1S/C18H22ClNO/c1-4-15(20)10-14-6-5-12(2)18(11-14)21-16-7-8-17(19)13(3)9-16/h5-9,11,15H,4,10,20H2,1-3H3. The van der Waals surface area contributed by atoms with Crippen molar-refractivity contribution in [3.05, 3.63) is 58.1 Å². The van der Waals surface area contributed by atoms with Crippen LogP contribution in [0.15, 0.2) is 36.4 Å². The lowest BCUT2D eigenvalue weighted by molar-refractivity contribution is 0.477. The van der Waals surface area contributed by atoms with E-state index in [2.05, 4.69) is 25.1 Å². The Labute approximate surface area is 131 Å². The molecule has 0 fully saturated rings. The van der Waals surface area contributed by atoms with E-state index in [9.17, 15) is 0 Å². The second-order valence-electron chi connectivity index (χ2n) is 5.49. The first-order valence-corrected chi connectivity index (χ1v) is 7.66. The van der Waals surface area contributed by atoms with Gasteiger partial charge in [-0.25, -0.2) is 0 Å². The van der Waals surface area contributed by atoms with Crippen LogP contribution in [0.3, 0.4) is 0 Å². The van der Waals surface area contributed by atoms with Gasteiger partial charge in [0.25, 0.3) is 0 Å². The number of rotatable bonds is 5. The summed E-state index contributed by atoms with van der Waals surface area (Å²) in [5.41, 5.74) is 9.35. The summed E-state index contributed by atoms with van der Waals surface area (Å²) in [5, 5.41) is 0.752. The minimum atomic E-state index is 0.193. The fraction of sp³-hybridized carbons (Fsp3) is 0.333. The van der Waals surface area contributed by atoms with Crippen LogP contribution in [0, 0.1) is 13.8 Å². The van der Waals surface area contributed by atoms with Crippen LogP contribution >= 0.6 is 11.6 Å². The molecule has 2 nitrogen and oxygen atoms in total. The van der Waals surface area contributed by atoms with Crippen LogP contribution in [0.2, 0.25) is 5.02 Å². The maximum atomic E-state index is 6.04. The monoisotopic (exact) mass is 303 g/mol. The predicted octanol–water partition coefficient (Wildman–Crippen LogP) is 5.03. The molecule has 1 unspecified atom stereocenters. The predicted molar refractivity (Wildman–Crippen MR) is 89.4 cm³/mol. The molecule has 2 N–H and O–H groups in total. The Kier molecular flexibility index (Phi) is 5.27. The minimum absolute atomic E-state index is 0.193. The van der Waals surface area contributed by atoms with Crippen molar-refractivity contribution in [1.29, 1.82) is 0 Å². The zero-order valence-electron chi connectivity index (χ0n) is 12.8. The Morgan fingerprint density at radius 3 is 2.52 bits per heavy atom. The summed E-state index contributed by atoms with van der Waals surface area (Å²) in [6, 6.07) is 12.2. The van der Waals surface area contributed by atoms with Crippen LogP contribution in [0.5, 0.6) is 11.5 Å². The van der Waals surface area contributed by atoms with Gasteiger partial charge in [0.05, 0.1) is 0 Å². The van der Waals surface area contributed by atoms with Crippen molar-refractivity contribution in [3.63, 3.8) is 0 Å². The van der Waals surface area contributed by atoms with Gasteiger partial charge in [-0.2, -0.15) is 0 Å². The fourth-order valence-corrected chi connectivity index (χ4v) is 2.25. The van der Waals surface area contributed by atoms with Gasteiger partial charge in [-0.3, -0.25) is 0 Å². The highest BCUT2D eigenvalue weighted by Crippen LogP contribution is 2.29. The van der Waals surface area contributed by atoms with E-state index < -0.39 is 0 Å². The van der Waals surface area contributed by atoms with E-state index in [0.717, 1.165) is 40.5 Å². The average molecular weight is 304 g/mol. The molecule has 0 heterocycles. The van der Waals surface area contributed by atoms with E-state index in [1.165, 1.54) is 5.56 Å². The fourth-order valence-electron chi connectivity index (χ4n) is 2.14. The van der Waals surface area contributed by atoms with Gasteiger partial charge < -0.3 is 10.5 Å². The van der Waals surface area contributed by atoms with Crippen molar-refractivity contribution in [3.8, 4) is 11.5 Å². The van der Waals surface area contributed by atoms with E-state index in [1.54, 1.807) is 0 Å². The third-order valence-corrected chi connectivity index (χ3v) is 4.06. The molecule has 0 saturated carbocycles. The zero-order chi connectivity index (χ0) is 15.4. The van der Waals surface area contributed by atoms with Gasteiger partial charge >= 0.3 is 0 Å². The van der Waals surface area contributed by atoms with Gasteiger partial charge in [-0.05, 0) is 67.6 Å². The molecule has 0 saturated heterocycles. The van der Waals surface area contributed by atoms with Crippen LogP contribution in [0.25, 0.3) is 0 Å². The largest absolute Gasteiger partial charge is 0.457 e. The van der Waals surface area contributed by atoms with Crippen molar-refractivity contribution in [1.82, 2.24) is 0 Å². The molecule has 0 spiro atoms. The second kappa shape index (κ2) is 6.97. The summed E-state index contributed by atoms with van der Waals surface area (Å²) in [6.07, 6.45) is 1.84. The molecule has 3 heteroatoms. The van der Waals surface area contributed by atoms with Gasteiger partial charge in [-0.1, -0.05) is 30.7 Å². The summed E-state index contributed by atoms with van der Waals surface area (Å²) in [7, 11) is 0. The summed E-state index contributed by atoms with van der Waals surface area (Å²) in [6.45, 7) is 6.12. The summed E-state index contributed by atoms with van der Waals surface area (Å²) < 4.78 is 6.00. The van der Waals surface area contributed by atoms with E-state index in [1.807, 2.05) is 32.0 Å². The Balaban J connectivity index is 2.22. The molecule has 2 rings (SSSR count). The first-order chi connectivity index (χ1) is 9.99. The maximum Gasteiger partial charge on any atom is 0.130 e. The summed E-state index contributed by atoms with van der Waals surface area (Å²) in [5.74, 6) is 1.68. The van der Waals surface area contributed by atoms with Gasteiger partial charge in [0.2, 0.25) is 0 Å². The number of hydrogen-bond donors (Lipinski definition) is 1. The molecule has 0 bridgehead atoms. The van der Waals surface area contributed by atoms with E-state index in [-0.39, 0.29) is 6.04 Å². The van der Waals surface area contributed by atoms with Crippen molar-refractivity contribution in [2.75, 3.05) is 0 Å². The zero-order valence-corrected chi connectivity index (χ0v) is 13.6. The molecule has 0 aliphatic heterocycles. The molecule has 2 aromatic carbocycles. The van der Waals surface area contributed by atoms with Gasteiger partial charge in [0.15, 0.2) is 0 Å². The summed E-state index contributed by atoms with van der Waals surface area (Å²) >= 11 is 6.04. The van der Waals surface area contributed by atoms with Crippen LogP contribution < -0.4 is 10.5 Å². The molecule has 112 valence electrons. The van der Waals surface area contributed by atoms with E-state index in [4.69, 9.17) is 22.1 Å². The normalized spacial score (nSPS) is 12.2. The van der Waals surface area contributed by atoms with Crippen LogP contribution in [-0.4, -0.2) is 6.04 Å². The highest BCUT2D eigenvalue weighted by atomic mass is 35.5. The highest BCUT2D eigenvalue weighted by molar-refractivity contribution is 6.31.